The SMILES string of the molecule is CSCCC(N)C(=O)NC(CCC(=O)O)C(=O)NC(C(=O)NC(C(=O)O)C(C)C)C(C)C. The van der Waals surface area contributed by atoms with Crippen molar-refractivity contribution in [1.82, 2.24) is 16.0 Å². The lowest BCUT2D eigenvalue weighted by molar-refractivity contribution is -0.143. The smallest absolute Gasteiger partial charge is 0.326 e. The highest BCUT2D eigenvalue weighted by molar-refractivity contribution is 7.98. The first-order valence-electron chi connectivity index (χ1n) is 10.4. The third-order valence-electron chi connectivity index (χ3n) is 4.73. The Morgan fingerprint density at radius 1 is 0.812 bits per heavy atom. The average Bonchev–Trinajstić information content (AvgIpc) is 2.69. The van der Waals surface area contributed by atoms with E-state index in [-0.39, 0.29) is 18.8 Å². The highest BCUT2D eigenvalue weighted by Gasteiger charge is 2.32. The molecule has 0 saturated heterocycles. The van der Waals surface area contributed by atoms with Crippen LogP contribution < -0.4 is 21.7 Å². The molecule has 0 aromatic carbocycles. The monoisotopic (exact) mass is 476 g/mol. The van der Waals surface area contributed by atoms with Crippen LogP contribution in [0.25, 0.3) is 0 Å². The quantitative estimate of drug-likeness (QED) is 0.186. The minimum Gasteiger partial charge on any atom is -0.481 e. The lowest BCUT2D eigenvalue weighted by Gasteiger charge is -2.27. The van der Waals surface area contributed by atoms with Gasteiger partial charge in [-0.25, -0.2) is 4.79 Å². The van der Waals surface area contributed by atoms with Crippen molar-refractivity contribution in [1.29, 1.82) is 0 Å². The molecule has 0 bridgehead atoms. The second kappa shape index (κ2) is 14.7. The number of carboxylic acid groups (broad SMARTS) is 2. The number of carboxylic acids is 2. The molecular weight excluding hydrogens is 440 g/mol. The zero-order valence-electron chi connectivity index (χ0n) is 19.2. The van der Waals surface area contributed by atoms with Crippen LogP contribution in [0.2, 0.25) is 0 Å². The molecule has 0 aliphatic heterocycles. The highest BCUT2D eigenvalue weighted by atomic mass is 32.2. The fourth-order valence-electron chi connectivity index (χ4n) is 2.74. The predicted octanol–water partition coefficient (Wildman–Crippen LogP) is -0.217. The van der Waals surface area contributed by atoms with E-state index in [1.807, 2.05) is 6.26 Å². The van der Waals surface area contributed by atoms with Crippen LogP contribution in [-0.2, 0) is 24.0 Å². The van der Waals surface area contributed by atoms with E-state index in [9.17, 15) is 29.1 Å². The summed E-state index contributed by atoms with van der Waals surface area (Å²) in [5, 5.41) is 25.7. The summed E-state index contributed by atoms with van der Waals surface area (Å²) in [6, 6.07) is -4.31. The van der Waals surface area contributed by atoms with Gasteiger partial charge in [0.2, 0.25) is 17.7 Å². The van der Waals surface area contributed by atoms with Crippen molar-refractivity contribution in [2.75, 3.05) is 12.0 Å². The molecule has 184 valence electrons. The summed E-state index contributed by atoms with van der Waals surface area (Å²) in [6.45, 7) is 6.61. The van der Waals surface area contributed by atoms with Crippen molar-refractivity contribution < 1.29 is 34.2 Å². The maximum Gasteiger partial charge on any atom is 0.326 e. The summed E-state index contributed by atoms with van der Waals surface area (Å²) in [5.74, 6) is -4.53. The minimum atomic E-state index is -1.21. The van der Waals surface area contributed by atoms with Crippen LogP contribution in [0.15, 0.2) is 0 Å². The maximum atomic E-state index is 12.8. The van der Waals surface area contributed by atoms with E-state index >= 15 is 0 Å². The van der Waals surface area contributed by atoms with Gasteiger partial charge in [0.15, 0.2) is 0 Å². The Balaban J connectivity index is 5.43. The Bertz CT molecular complexity index is 672. The Hall–Kier alpha value is -2.34. The maximum absolute atomic E-state index is 12.8. The van der Waals surface area contributed by atoms with Crippen molar-refractivity contribution >= 4 is 41.4 Å². The van der Waals surface area contributed by atoms with Crippen molar-refractivity contribution in [2.45, 2.75) is 71.1 Å². The van der Waals surface area contributed by atoms with E-state index < -0.39 is 59.7 Å². The number of thioether (sulfide) groups is 1. The first kappa shape index (κ1) is 29.7. The Morgan fingerprint density at radius 2 is 1.34 bits per heavy atom. The largest absolute Gasteiger partial charge is 0.481 e. The van der Waals surface area contributed by atoms with E-state index in [1.54, 1.807) is 27.7 Å². The van der Waals surface area contributed by atoms with E-state index in [0.29, 0.717) is 12.2 Å². The average molecular weight is 477 g/mol. The molecule has 4 unspecified atom stereocenters. The van der Waals surface area contributed by atoms with E-state index in [4.69, 9.17) is 10.8 Å². The number of amides is 3. The van der Waals surface area contributed by atoms with Gasteiger partial charge in [0, 0.05) is 6.42 Å². The lowest BCUT2D eigenvalue weighted by atomic mass is 9.99. The summed E-state index contributed by atoms with van der Waals surface area (Å²) in [7, 11) is 0. The summed E-state index contributed by atoms with van der Waals surface area (Å²) in [6.07, 6.45) is 1.66. The summed E-state index contributed by atoms with van der Waals surface area (Å²) in [4.78, 5) is 60.2. The Labute approximate surface area is 192 Å². The molecule has 32 heavy (non-hydrogen) atoms. The van der Waals surface area contributed by atoms with Gasteiger partial charge in [-0.05, 0) is 36.7 Å². The number of rotatable bonds is 15. The van der Waals surface area contributed by atoms with Gasteiger partial charge in [0.05, 0.1) is 6.04 Å². The molecule has 0 aromatic rings. The molecule has 0 aliphatic rings. The molecule has 0 spiro atoms. The topological polar surface area (TPSA) is 188 Å². The van der Waals surface area contributed by atoms with Crippen molar-refractivity contribution in [3.63, 3.8) is 0 Å². The van der Waals surface area contributed by atoms with Crippen LogP contribution in [0.5, 0.6) is 0 Å². The van der Waals surface area contributed by atoms with Gasteiger partial charge < -0.3 is 31.9 Å². The highest BCUT2D eigenvalue weighted by Crippen LogP contribution is 2.08. The summed E-state index contributed by atoms with van der Waals surface area (Å²) in [5.41, 5.74) is 5.82. The standard InChI is InChI=1S/C20H36N4O7S/c1-10(2)15(19(29)24-16(11(3)4)20(30)31)23-18(28)13(6-7-14(25)26)22-17(27)12(21)8-9-32-5/h10-13,15-16H,6-9,21H2,1-5H3,(H,22,27)(H,23,28)(H,24,29)(H,25,26)(H,30,31). The molecule has 11 nitrogen and oxygen atoms in total. The third kappa shape index (κ3) is 10.8. The third-order valence-corrected chi connectivity index (χ3v) is 5.37. The van der Waals surface area contributed by atoms with Crippen LogP contribution in [0.4, 0.5) is 0 Å². The van der Waals surface area contributed by atoms with Crippen LogP contribution in [0, 0.1) is 11.8 Å². The zero-order valence-corrected chi connectivity index (χ0v) is 20.0. The molecule has 0 aromatic heterocycles. The predicted molar refractivity (Wildman–Crippen MR) is 121 cm³/mol. The number of carbonyl (C=O) groups is 5. The molecule has 0 radical (unpaired) electrons. The van der Waals surface area contributed by atoms with Crippen LogP contribution >= 0.6 is 11.8 Å². The number of carbonyl (C=O) groups excluding carboxylic acids is 3. The fraction of sp³-hybridized carbons (Fsp3) is 0.750. The summed E-state index contributed by atoms with van der Waals surface area (Å²) < 4.78 is 0. The van der Waals surface area contributed by atoms with Gasteiger partial charge in [-0.15, -0.1) is 0 Å². The Kier molecular flexibility index (Phi) is 13.6. The van der Waals surface area contributed by atoms with E-state index in [0.717, 1.165) is 0 Å². The van der Waals surface area contributed by atoms with Gasteiger partial charge >= 0.3 is 11.9 Å². The minimum absolute atomic E-state index is 0.196. The molecule has 0 heterocycles. The number of hydrogen-bond acceptors (Lipinski definition) is 7. The normalized spacial score (nSPS) is 14.9. The van der Waals surface area contributed by atoms with Crippen molar-refractivity contribution in [3.8, 4) is 0 Å². The molecule has 3 amide bonds. The van der Waals surface area contributed by atoms with Gasteiger partial charge in [-0.2, -0.15) is 11.8 Å². The molecular formula is C20H36N4O7S. The second-order valence-corrected chi connectivity index (χ2v) is 9.17. The van der Waals surface area contributed by atoms with Crippen molar-refractivity contribution in [2.24, 2.45) is 17.6 Å². The molecule has 0 saturated carbocycles. The number of aliphatic carboxylic acids is 2. The first-order valence-corrected chi connectivity index (χ1v) is 11.8. The van der Waals surface area contributed by atoms with Crippen molar-refractivity contribution in [3.05, 3.63) is 0 Å². The number of nitrogens with two attached hydrogens (primary N) is 1. The van der Waals surface area contributed by atoms with Crippen LogP contribution in [-0.4, -0.2) is 76.0 Å². The fourth-order valence-corrected chi connectivity index (χ4v) is 3.23. The van der Waals surface area contributed by atoms with Gasteiger partial charge in [0.25, 0.3) is 0 Å². The van der Waals surface area contributed by atoms with Gasteiger partial charge in [-0.3, -0.25) is 19.2 Å². The molecule has 4 atom stereocenters. The van der Waals surface area contributed by atoms with Crippen LogP contribution in [0.3, 0.4) is 0 Å². The molecule has 0 rings (SSSR count). The van der Waals surface area contributed by atoms with Gasteiger partial charge in [-0.1, -0.05) is 27.7 Å². The van der Waals surface area contributed by atoms with Gasteiger partial charge in [0.1, 0.15) is 18.1 Å². The van der Waals surface area contributed by atoms with E-state index in [2.05, 4.69) is 16.0 Å². The molecule has 12 heteroatoms. The lowest BCUT2D eigenvalue weighted by Crippen LogP contribution is -2.59. The van der Waals surface area contributed by atoms with E-state index in [1.165, 1.54) is 11.8 Å². The zero-order chi connectivity index (χ0) is 25.0. The Morgan fingerprint density at radius 3 is 1.78 bits per heavy atom. The van der Waals surface area contributed by atoms with Crippen LogP contribution in [0.1, 0.15) is 47.0 Å². The second-order valence-electron chi connectivity index (χ2n) is 8.18. The first-order chi connectivity index (χ1) is 14.8. The number of nitrogens with one attached hydrogen (secondary N) is 3. The molecule has 0 fully saturated rings. The summed E-state index contributed by atoms with van der Waals surface area (Å²) >= 11 is 1.51. The number of hydrogen-bond donors (Lipinski definition) is 6. The molecule has 7 N–H and O–H groups in total. The molecule has 0 aliphatic carbocycles.